The molecular weight excluding hydrogens is 434 g/mol. The van der Waals surface area contributed by atoms with Crippen LogP contribution in [0.5, 0.6) is 0 Å². The van der Waals surface area contributed by atoms with Crippen molar-refractivity contribution < 1.29 is 8.42 Å². The average Bonchev–Trinajstić information content (AvgIpc) is 3.11. The Labute approximate surface area is 183 Å². The van der Waals surface area contributed by atoms with Gasteiger partial charge in [-0.1, -0.05) is 47.7 Å². The van der Waals surface area contributed by atoms with Gasteiger partial charge in [0.25, 0.3) is 0 Å². The van der Waals surface area contributed by atoms with E-state index >= 15 is 0 Å². The van der Waals surface area contributed by atoms with Gasteiger partial charge in [-0.3, -0.25) is 0 Å². The first kappa shape index (κ1) is 20.7. The molecule has 0 unspecified atom stereocenters. The second kappa shape index (κ2) is 7.93. The molecule has 5 N–H and O–H groups in total. The third-order valence-electron chi connectivity index (χ3n) is 4.39. The molecule has 0 aliphatic rings. The molecule has 9 nitrogen and oxygen atoms in total. The van der Waals surface area contributed by atoms with Crippen LogP contribution in [0.1, 0.15) is 5.56 Å². The number of nitrogens with one attached hydrogen (secondary N) is 1. The molecule has 2 aromatic carbocycles. The van der Waals surface area contributed by atoms with E-state index in [-0.39, 0.29) is 16.8 Å². The number of benzene rings is 2. The Hall–Kier alpha value is -3.57. The molecular formula is C20H19N7O2S2. The van der Waals surface area contributed by atoms with Gasteiger partial charge in [0.15, 0.2) is 20.8 Å². The number of hydrogen-bond acceptors (Lipinski definition) is 10. The van der Waals surface area contributed by atoms with E-state index < -0.39 is 9.84 Å². The van der Waals surface area contributed by atoms with Crippen LogP contribution in [0.2, 0.25) is 0 Å². The summed E-state index contributed by atoms with van der Waals surface area (Å²) in [5.41, 5.74) is 14.6. The molecule has 4 rings (SSSR count). The molecule has 0 aliphatic carbocycles. The van der Waals surface area contributed by atoms with Gasteiger partial charge in [-0.2, -0.15) is 15.0 Å². The maximum atomic E-state index is 12.0. The number of thiazole rings is 1. The van der Waals surface area contributed by atoms with Crippen molar-refractivity contribution >= 4 is 43.9 Å². The summed E-state index contributed by atoms with van der Waals surface area (Å²) in [6, 6.07) is 14.5. The van der Waals surface area contributed by atoms with Crippen LogP contribution < -0.4 is 16.8 Å². The van der Waals surface area contributed by atoms with E-state index in [9.17, 15) is 8.42 Å². The normalized spacial score (nSPS) is 11.4. The van der Waals surface area contributed by atoms with Gasteiger partial charge in [-0.15, -0.1) is 0 Å². The van der Waals surface area contributed by atoms with Crippen molar-refractivity contribution in [3.05, 3.63) is 54.1 Å². The zero-order valence-electron chi connectivity index (χ0n) is 16.7. The fourth-order valence-electron chi connectivity index (χ4n) is 3.04. The van der Waals surface area contributed by atoms with Crippen molar-refractivity contribution in [3.8, 4) is 22.0 Å². The van der Waals surface area contributed by atoms with E-state index in [1.807, 2.05) is 30.3 Å². The van der Waals surface area contributed by atoms with Crippen molar-refractivity contribution in [1.82, 2.24) is 19.9 Å². The largest absolute Gasteiger partial charge is 0.375 e. The van der Waals surface area contributed by atoms with E-state index in [2.05, 4.69) is 25.3 Å². The van der Waals surface area contributed by atoms with Crippen LogP contribution in [0.3, 0.4) is 0 Å². The van der Waals surface area contributed by atoms with Gasteiger partial charge in [-0.05, 0) is 24.6 Å². The van der Waals surface area contributed by atoms with Crippen LogP contribution in [-0.2, 0) is 9.84 Å². The monoisotopic (exact) mass is 453 g/mol. The number of aryl methyl sites for hydroxylation is 1. The summed E-state index contributed by atoms with van der Waals surface area (Å²) in [5.74, 6) is 0.504. The lowest BCUT2D eigenvalue weighted by atomic mass is 10.1. The molecule has 31 heavy (non-hydrogen) atoms. The third kappa shape index (κ3) is 4.47. The Kier molecular flexibility index (Phi) is 5.29. The number of nitrogens with two attached hydrogens (primary N) is 2. The van der Waals surface area contributed by atoms with Crippen LogP contribution in [0.4, 0.5) is 22.7 Å². The first-order valence-electron chi connectivity index (χ1n) is 9.12. The molecule has 0 aliphatic heterocycles. The van der Waals surface area contributed by atoms with E-state index in [1.54, 1.807) is 19.1 Å². The van der Waals surface area contributed by atoms with E-state index in [1.165, 1.54) is 17.4 Å². The van der Waals surface area contributed by atoms with Crippen molar-refractivity contribution in [3.63, 3.8) is 0 Å². The SMILES string of the molecule is Cc1ccc(Nc2nc(N)nc(-c3sc(N)nc3-c3ccccc3)n2)cc1S(C)(=O)=O. The van der Waals surface area contributed by atoms with E-state index in [0.717, 1.165) is 11.8 Å². The van der Waals surface area contributed by atoms with Crippen LogP contribution in [0.25, 0.3) is 22.0 Å². The lowest BCUT2D eigenvalue weighted by molar-refractivity contribution is 0.601. The van der Waals surface area contributed by atoms with E-state index in [0.29, 0.717) is 32.8 Å². The van der Waals surface area contributed by atoms with Gasteiger partial charge in [0.2, 0.25) is 11.9 Å². The highest BCUT2D eigenvalue weighted by molar-refractivity contribution is 7.90. The van der Waals surface area contributed by atoms with Gasteiger partial charge >= 0.3 is 0 Å². The molecule has 0 saturated heterocycles. The first-order valence-corrected chi connectivity index (χ1v) is 11.8. The predicted molar refractivity (Wildman–Crippen MR) is 123 cm³/mol. The van der Waals surface area contributed by atoms with Gasteiger partial charge in [-0.25, -0.2) is 13.4 Å². The molecule has 0 spiro atoms. The zero-order chi connectivity index (χ0) is 22.2. The summed E-state index contributed by atoms with van der Waals surface area (Å²) < 4.78 is 24.0. The van der Waals surface area contributed by atoms with Gasteiger partial charge in [0.1, 0.15) is 4.88 Å². The lowest BCUT2D eigenvalue weighted by Gasteiger charge is -2.10. The number of sulfone groups is 1. The molecule has 0 amide bonds. The number of hydrogen-bond donors (Lipinski definition) is 3. The van der Waals surface area contributed by atoms with Gasteiger partial charge in [0, 0.05) is 17.5 Å². The van der Waals surface area contributed by atoms with E-state index in [4.69, 9.17) is 11.5 Å². The summed E-state index contributed by atoms with van der Waals surface area (Å²) in [4.78, 5) is 18.1. The smallest absolute Gasteiger partial charge is 0.232 e. The topological polar surface area (TPSA) is 150 Å². The Morgan fingerprint density at radius 1 is 0.968 bits per heavy atom. The highest BCUT2D eigenvalue weighted by Crippen LogP contribution is 2.36. The molecule has 4 aromatic rings. The van der Waals surface area contributed by atoms with Crippen LogP contribution in [0, 0.1) is 6.92 Å². The Balaban J connectivity index is 1.75. The third-order valence-corrected chi connectivity index (χ3v) is 6.51. The minimum absolute atomic E-state index is 0.00827. The molecule has 0 radical (unpaired) electrons. The van der Waals surface area contributed by atoms with Crippen molar-refractivity contribution in [1.29, 1.82) is 0 Å². The maximum Gasteiger partial charge on any atom is 0.232 e. The summed E-state index contributed by atoms with van der Waals surface area (Å²) in [7, 11) is -3.38. The Morgan fingerprint density at radius 3 is 2.42 bits per heavy atom. The second-order valence-electron chi connectivity index (χ2n) is 6.81. The molecule has 2 heterocycles. The molecule has 0 atom stereocenters. The minimum atomic E-state index is -3.38. The fourth-order valence-corrected chi connectivity index (χ4v) is 4.82. The summed E-state index contributed by atoms with van der Waals surface area (Å²) in [6.45, 7) is 1.73. The average molecular weight is 454 g/mol. The standard InChI is InChI=1S/C20H19N7O2S2/c1-11-8-9-13(10-14(11)31(2,28)29)23-20-26-17(25-18(21)27-20)16-15(24-19(22)30-16)12-6-4-3-5-7-12/h3-10H,1-2H3,(H2,22,24)(H3,21,23,25,26,27). The van der Waals surface area contributed by atoms with Crippen LogP contribution in [0.15, 0.2) is 53.4 Å². The quantitative estimate of drug-likeness (QED) is 0.413. The summed E-state index contributed by atoms with van der Waals surface area (Å²) in [6.07, 6.45) is 1.16. The molecule has 0 fully saturated rings. The first-order chi connectivity index (χ1) is 14.7. The fraction of sp³-hybridized carbons (Fsp3) is 0.100. The molecule has 2 aromatic heterocycles. The van der Waals surface area contributed by atoms with Gasteiger partial charge < -0.3 is 16.8 Å². The van der Waals surface area contributed by atoms with Crippen molar-refractivity contribution in [2.45, 2.75) is 11.8 Å². The number of anilines is 4. The minimum Gasteiger partial charge on any atom is -0.375 e. The lowest BCUT2D eigenvalue weighted by Crippen LogP contribution is -2.06. The molecule has 158 valence electrons. The second-order valence-corrected chi connectivity index (χ2v) is 9.83. The molecule has 11 heteroatoms. The highest BCUT2D eigenvalue weighted by Gasteiger charge is 2.18. The Bertz CT molecular complexity index is 1370. The van der Waals surface area contributed by atoms with Crippen LogP contribution >= 0.6 is 11.3 Å². The summed E-state index contributed by atoms with van der Waals surface area (Å²) in [5, 5.41) is 3.38. The molecule has 0 saturated carbocycles. The predicted octanol–water partition coefficient (Wildman–Crippen LogP) is 3.28. The number of nitrogen functional groups attached to an aromatic ring is 2. The molecule has 0 bridgehead atoms. The number of nitrogens with zero attached hydrogens (tertiary/aromatic N) is 4. The van der Waals surface area contributed by atoms with Gasteiger partial charge in [0.05, 0.1) is 10.6 Å². The van der Waals surface area contributed by atoms with Crippen molar-refractivity contribution in [2.24, 2.45) is 0 Å². The highest BCUT2D eigenvalue weighted by atomic mass is 32.2. The zero-order valence-corrected chi connectivity index (χ0v) is 18.3. The van der Waals surface area contributed by atoms with Crippen molar-refractivity contribution in [2.75, 3.05) is 23.0 Å². The number of aromatic nitrogens is 4. The Morgan fingerprint density at radius 2 is 1.71 bits per heavy atom. The van der Waals surface area contributed by atoms with Crippen LogP contribution in [-0.4, -0.2) is 34.6 Å². The maximum absolute atomic E-state index is 12.0. The number of rotatable bonds is 5. The summed E-state index contributed by atoms with van der Waals surface area (Å²) >= 11 is 1.25.